The Morgan fingerprint density at radius 1 is 1.15 bits per heavy atom. The number of nitriles is 1. The number of rotatable bonds is 1. The van der Waals surface area contributed by atoms with Gasteiger partial charge in [-0.15, -0.1) is 0 Å². The lowest BCUT2D eigenvalue weighted by molar-refractivity contribution is -0.0961. The molecule has 2 heteroatoms. The third-order valence-electron chi connectivity index (χ3n) is 3.38. The molecule has 2 nitrogen and oxygen atoms in total. The molecule has 13 heavy (non-hydrogen) atoms. The van der Waals surface area contributed by atoms with Gasteiger partial charge in [0, 0.05) is 0 Å². The normalized spacial score (nSPS) is 39.2. The summed E-state index contributed by atoms with van der Waals surface area (Å²) >= 11 is 0. The number of hydrogen-bond acceptors (Lipinski definition) is 2. The van der Waals surface area contributed by atoms with Crippen LogP contribution < -0.4 is 0 Å². The highest BCUT2D eigenvalue weighted by molar-refractivity contribution is 4.86. The third kappa shape index (κ3) is 2.03. The Labute approximate surface area is 79.9 Å². The first-order valence-corrected chi connectivity index (χ1v) is 5.42. The van der Waals surface area contributed by atoms with E-state index in [1.807, 2.05) is 0 Å². The molecular formula is C11H17NO. The molecule has 72 valence electrons. The maximum atomic E-state index is 8.58. The van der Waals surface area contributed by atoms with Gasteiger partial charge in [-0.05, 0) is 31.6 Å². The van der Waals surface area contributed by atoms with Crippen molar-refractivity contribution in [2.75, 3.05) is 0 Å². The quantitative estimate of drug-likeness (QED) is 0.620. The molecule has 1 heterocycles. The van der Waals surface area contributed by atoms with Crippen molar-refractivity contribution >= 4 is 0 Å². The molecule has 0 N–H and O–H groups in total. The predicted octanol–water partition coefficient (Wildman–Crippen LogP) is 2.64. The van der Waals surface area contributed by atoms with Crippen molar-refractivity contribution in [3.05, 3.63) is 0 Å². The van der Waals surface area contributed by atoms with E-state index >= 15 is 0 Å². The molecule has 0 amide bonds. The monoisotopic (exact) mass is 179 g/mol. The molecule has 0 aromatic rings. The first-order chi connectivity index (χ1) is 6.40. The van der Waals surface area contributed by atoms with Gasteiger partial charge in [-0.2, -0.15) is 5.26 Å². The summed E-state index contributed by atoms with van der Waals surface area (Å²) in [5.41, 5.74) is 0. The van der Waals surface area contributed by atoms with Crippen molar-refractivity contribution in [1.82, 2.24) is 0 Å². The number of hydrogen-bond donors (Lipinski definition) is 0. The lowest BCUT2D eigenvalue weighted by atomic mass is 9.80. The Hall–Kier alpha value is -0.550. The van der Waals surface area contributed by atoms with E-state index in [9.17, 15) is 0 Å². The molecule has 0 aromatic carbocycles. The zero-order chi connectivity index (χ0) is 9.10. The lowest BCUT2D eigenvalue weighted by Crippen LogP contribution is -2.36. The topological polar surface area (TPSA) is 33.0 Å². The van der Waals surface area contributed by atoms with Crippen molar-refractivity contribution in [2.45, 2.75) is 57.2 Å². The average molecular weight is 179 g/mol. The molecule has 0 spiro atoms. The van der Waals surface area contributed by atoms with Crippen LogP contribution in [-0.4, -0.2) is 12.2 Å². The van der Waals surface area contributed by atoms with Crippen molar-refractivity contribution in [2.24, 2.45) is 5.92 Å². The fourth-order valence-corrected chi connectivity index (χ4v) is 2.65. The second kappa shape index (κ2) is 4.11. The van der Waals surface area contributed by atoms with Crippen molar-refractivity contribution in [3.8, 4) is 6.07 Å². The van der Waals surface area contributed by atoms with Gasteiger partial charge in [0.1, 0.15) is 0 Å². The molecular weight excluding hydrogens is 162 g/mol. The third-order valence-corrected chi connectivity index (χ3v) is 3.38. The van der Waals surface area contributed by atoms with Gasteiger partial charge in [0.05, 0.1) is 24.7 Å². The van der Waals surface area contributed by atoms with Crippen LogP contribution in [0.25, 0.3) is 0 Å². The van der Waals surface area contributed by atoms with Gasteiger partial charge in [-0.25, -0.2) is 0 Å². The predicted molar refractivity (Wildman–Crippen MR) is 50.1 cm³/mol. The maximum absolute atomic E-state index is 8.58. The van der Waals surface area contributed by atoms with Gasteiger partial charge in [-0.1, -0.05) is 12.8 Å². The number of ether oxygens (including phenoxy) is 1. The zero-order valence-electron chi connectivity index (χ0n) is 8.04. The summed E-state index contributed by atoms with van der Waals surface area (Å²) in [5, 5.41) is 8.58. The van der Waals surface area contributed by atoms with Crippen molar-refractivity contribution in [3.63, 3.8) is 0 Å². The summed E-state index contributed by atoms with van der Waals surface area (Å²) in [5.74, 6) is 0.809. The Morgan fingerprint density at radius 3 is 2.85 bits per heavy atom. The van der Waals surface area contributed by atoms with E-state index in [0.717, 1.165) is 12.3 Å². The van der Waals surface area contributed by atoms with E-state index in [4.69, 9.17) is 10.00 Å². The second-order valence-electron chi connectivity index (χ2n) is 4.28. The summed E-state index contributed by atoms with van der Waals surface area (Å²) in [7, 11) is 0. The fraction of sp³-hybridized carbons (Fsp3) is 0.909. The summed E-state index contributed by atoms with van der Waals surface area (Å²) in [4.78, 5) is 0. The Morgan fingerprint density at radius 2 is 2.00 bits per heavy atom. The van der Waals surface area contributed by atoms with Crippen LogP contribution in [0, 0.1) is 17.2 Å². The Balaban J connectivity index is 1.88. The van der Waals surface area contributed by atoms with Gasteiger partial charge < -0.3 is 4.74 Å². The van der Waals surface area contributed by atoms with E-state index in [0.29, 0.717) is 12.5 Å². The molecule has 1 saturated heterocycles. The molecule has 0 bridgehead atoms. The highest BCUT2D eigenvalue weighted by atomic mass is 16.5. The summed E-state index contributed by atoms with van der Waals surface area (Å²) in [6, 6.07) is 2.21. The standard InChI is InChI=1S/C11H17NO/c12-8-7-10-6-5-9-3-1-2-4-11(9)13-10/h9-11H,1-7H2. The van der Waals surface area contributed by atoms with Crippen LogP contribution in [0.5, 0.6) is 0 Å². The summed E-state index contributed by atoms with van der Waals surface area (Å²) in [6.45, 7) is 0. The first-order valence-electron chi connectivity index (χ1n) is 5.42. The van der Waals surface area contributed by atoms with Crippen molar-refractivity contribution < 1.29 is 4.74 Å². The minimum absolute atomic E-state index is 0.240. The smallest absolute Gasteiger partial charge is 0.0709 e. The van der Waals surface area contributed by atoms with E-state index in [-0.39, 0.29) is 6.10 Å². The second-order valence-corrected chi connectivity index (χ2v) is 4.28. The van der Waals surface area contributed by atoms with Crippen LogP contribution in [0.4, 0.5) is 0 Å². The molecule has 0 radical (unpaired) electrons. The van der Waals surface area contributed by atoms with Gasteiger partial charge in [0.2, 0.25) is 0 Å². The van der Waals surface area contributed by atoms with E-state index in [1.54, 1.807) is 0 Å². The molecule has 1 aliphatic carbocycles. The van der Waals surface area contributed by atoms with Gasteiger partial charge >= 0.3 is 0 Å². The lowest BCUT2D eigenvalue weighted by Gasteiger charge is -2.38. The molecule has 1 saturated carbocycles. The summed E-state index contributed by atoms with van der Waals surface area (Å²) in [6.07, 6.45) is 8.99. The number of fused-ring (bicyclic) bond motifs is 1. The van der Waals surface area contributed by atoms with Crippen LogP contribution in [0.1, 0.15) is 44.9 Å². The number of nitrogens with zero attached hydrogens (tertiary/aromatic N) is 1. The van der Waals surface area contributed by atoms with Gasteiger partial charge in [0.25, 0.3) is 0 Å². The molecule has 3 atom stereocenters. The molecule has 0 aromatic heterocycles. The highest BCUT2D eigenvalue weighted by Gasteiger charge is 2.32. The largest absolute Gasteiger partial charge is 0.374 e. The maximum Gasteiger partial charge on any atom is 0.0709 e. The van der Waals surface area contributed by atoms with Crippen LogP contribution >= 0.6 is 0 Å². The molecule has 1 aliphatic heterocycles. The van der Waals surface area contributed by atoms with Crippen molar-refractivity contribution in [1.29, 1.82) is 5.26 Å². The Bertz CT molecular complexity index is 209. The molecule has 2 fully saturated rings. The van der Waals surface area contributed by atoms with Gasteiger partial charge in [0.15, 0.2) is 0 Å². The van der Waals surface area contributed by atoms with E-state index < -0.39 is 0 Å². The molecule has 2 aliphatic rings. The average Bonchev–Trinajstić information content (AvgIpc) is 2.18. The minimum Gasteiger partial charge on any atom is -0.374 e. The molecule has 3 unspecified atom stereocenters. The molecule has 2 rings (SSSR count). The van der Waals surface area contributed by atoms with E-state index in [2.05, 4.69) is 6.07 Å². The van der Waals surface area contributed by atoms with E-state index in [1.165, 1.54) is 32.1 Å². The van der Waals surface area contributed by atoms with Crippen LogP contribution in [0.2, 0.25) is 0 Å². The zero-order valence-corrected chi connectivity index (χ0v) is 8.04. The first kappa shape index (κ1) is 9.02. The Kier molecular flexibility index (Phi) is 2.85. The highest BCUT2D eigenvalue weighted by Crippen LogP contribution is 2.36. The van der Waals surface area contributed by atoms with Crippen LogP contribution in [0.3, 0.4) is 0 Å². The minimum atomic E-state index is 0.240. The van der Waals surface area contributed by atoms with Crippen LogP contribution in [-0.2, 0) is 4.74 Å². The fourth-order valence-electron chi connectivity index (χ4n) is 2.65. The van der Waals surface area contributed by atoms with Gasteiger partial charge in [-0.3, -0.25) is 0 Å². The SMILES string of the molecule is N#CCC1CCC2CCCCC2O1. The summed E-state index contributed by atoms with van der Waals surface area (Å²) < 4.78 is 5.91. The van der Waals surface area contributed by atoms with Crippen LogP contribution in [0.15, 0.2) is 0 Å².